The first-order valence-corrected chi connectivity index (χ1v) is 29.8. The van der Waals surface area contributed by atoms with E-state index < -0.39 is 6.10 Å². The molecule has 0 aliphatic rings. The number of rotatable bonds is 52. The Morgan fingerprint density at radius 3 is 0.851 bits per heavy atom. The fourth-order valence-electron chi connectivity index (χ4n) is 7.65. The van der Waals surface area contributed by atoms with Crippen LogP contribution in [-0.2, 0) is 28.6 Å². The van der Waals surface area contributed by atoms with E-state index in [2.05, 4.69) is 167 Å². The first-order chi connectivity index (χ1) is 36.5. The summed E-state index contributed by atoms with van der Waals surface area (Å²) in [6.07, 6.45) is 87.1. The van der Waals surface area contributed by atoms with Crippen molar-refractivity contribution in [2.75, 3.05) is 13.2 Å². The SMILES string of the molecule is CC/C=C\C/C=C\C/C=C\C/C=C\C/C=C\C/C=C\CCCCCCCCCCC(=O)OCC(COC(=O)CCCCCCC/C=C\CCC)OC(=O)CCCCC/C=C\C/C=C\C/C=C\C/C=C\C/C=C\CC. The summed E-state index contributed by atoms with van der Waals surface area (Å²) in [7, 11) is 0. The molecule has 416 valence electrons. The van der Waals surface area contributed by atoms with Crippen molar-refractivity contribution in [1.29, 1.82) is 0 Å². The van der Waals surface area contributed by atoms with Gasteiger partial charge in [0.25, 0.3) is 0 Å². The topological polar surface area (TPSA) is 78.9 Å². The van der Waals surface area contributed by atoms with Gasteiger partial charge in [0, 0.05) is 19.3 Å². The number of carbonyl (C=O) groups excluding carboxylic acids is 3. The van der Waals surface area contributed by atoms with Gasteiger partial charge in [0.1, 0.15) is 13.2 Å². The number of hydrogen-bond donors (Lipinski definition) is 0. The summed E-state index contributed by atoms with van der Waals surface area (Å²) in [6.45, 7) is 6.30. The van der Waals surface area contributed by atoms with Crippen molar-refractivity contribution in [3.05, 3.63) is 146 Å². The molecule has 0 spiro atoms. The highest BCUT2D eigenvalue weighted by molar-refractivity contribution is 5.71. The minimum atomic E-state index is -0.808. The highest BCUT2D eigenvalue weighted by Crippen LogP contribution is 2.14. The van der Waals surface area contributed by atoms with Gasteiger partial charge in [-0.05, 0) is 135 Å². The number of esters is 3. The van der Waals surface area contributed by atoms with Crippen LogP contribution in [0.5, 0.6) is 0 Å². The Bertz CT molecular complexity index is 1640. The van der Waals surface area contributed by atoms with Crippen molar-refractivity contribution in [2.24, 2.45) is 0 Å². The van der Waals surface area contributed by atoms with Gasteiger partial charge < -0.3 is 14.2 Å². The largest absolute Gasteiger partial charge is 0.462 e. The van der Waals surface area contributed by atoms with Gasteiger partial charge in [0.05, 0.1) is 0 Å². The zero-order chi connectivity index (χ0) is 53.6. The molecule has 74 heavy (non-hydrogen) atoms. The molecule has 0 aromatic heterocycles. The molecule has 1 atom stereocenters. The van der Waals surface area contributed by atoms with Crippen LogP contribution in [0, 0.1) is 0 Å². The number of hydrogen-bond acceptors (Lipinski definition) is 6. The fourth-order valence-corrected chi connectivity index (χ4v) is 7.65. The molecule has 1 unspecified atom stereocenters. The van der Waals surface area contributed by atoms with Crippen molar-refractivity contribution in [2.45, 2.75) is 252 Å². The molecule has 0 aliphatic heterocycles. The normalized spacial score (nSPS) is 13.2. The molecule has 6 heteroatoms. The van der Waals surface area contributed by atoms with Gasteiger partial charge in [0.15, 0.2) is 6.10 Å². The Kier molecular flexibility index (Phi) is 57.0. The first kappa shape index (κ1) is 69.3. The van der Waals surface area contributed by atoms with Crippen molar-refractivity contribution >= 4 is 17.9 Å². The van der Waals surface area contributed by atoms with Crippen LogP contribution in [-0.4, -0.2) is 37.2 Å². The standard InChI is InChI=1S/C68H108O6/c1-4-7-10-13-16-19-22-24-26-28-30-31-32-33-34-35-36-37-39-40-42-44-46-49-52-55-58-61-67(70)73-64-65(63-72-66(69)60-57-54-51-48-21-18-15-12-9-6-3)74-68(71)62-59-56-53-50-47-45-43-41-38-29-27-25-23-20-17-14-11-8-5-2/h7-8,10-12,15-17,19-20,24-27,30-31,33-34,36-38,41,45,47,65H,4-6,9,13-14,18,21-23,28-29,32,35,39-40,42-44,46,48-64H2,1-3H3/b10-7-,11-8-,15-12-,19-16-,20-17-,26-24-,27-25-,31-30-,34-33-,37-36-,41-38-,47-45-. The molecule has 0 saturated carbocycles. The van der Waals surface area contributed by atoms with Gasteiger partial charge in [0.2, 0.25) is 0 Å². The van der Waals surface area contributed by atoms with Gasteiger partial charge in [-0.15, -0.1) is 0 Å². The van der Waals surface area contributed by atoms with E-state index >= 15 is 0 Å². The number of carbonyl (C=O) groups is 3. The second-order valence-electron chi connectivity index (χ2n) is 19.1. The van der Waals surface area contributed by atoms with Crippen LogP contribution in [0.4, 0.5) is 0 Å². The lowest BCUT2D eigenvalue weighted by atomic mass is 10.1. The molecular formula is C68H108O6. The zero-order valence-corrected chi connectivity index (χ0v) is 47.5. The molecular weight excluding hydrogens is 913 g/mol. The molecule has 0 amide bonds. The molecule has 0 radical (unpaired) electrons. The second kappa shape index (κ2) is 60.8. The van der Waals surface area contributed by atoms with Crippen LogP contribution < -0.4 is 0 Å². The fraction of sp³-hybridized carbons (Fsp3) is 0.603. The van der Waals surface area contributed by atoms with E-state index in [0.717, 1.165) is 161 Å². The van der Waals surface area contributed by atoms with E-state index in [1.54, 1.807) is 0 Å². The Morgan fingerprint density at radius 1 is 0.284 bits per heavy atom. The molecule has 0 saturated heterocycles. The van der Waals surface area contributed by atoms with Crippen LogP contribution in [0.1, 0.15) is 245 Å². The third-order valence-corrected chi connectivity index (χ3v) is 12.0. The zero-order valence-electron chi connectivity index (χ0n) is 47.5. The summed E-state index contributed by atoms with van der Waals surface area (Å²) in [5.74, 6) is -0.960. The summed E-state index contributed by atoms with van der Waals surface area (Å²) >= 11 is 0. The van der Waals surface area contributed by atoms with Gasteiger partial charge >= 0.3 is 17.9 Å². The van der Waals surface area contributed by atoms with Gasteiger partial charge in [-0.2, -0.15) is 0 Å². The maximum absolute atomic E-state index is 12.8. The van der Waals surface area contributed by atoms with Crippen LogP contribution in [0.3, 0.4) is 0 Å². The van der Waals surface area contributed by atoms with Crippen molar-refractivity contribution < 1.29 is 28.6 Å². The minimum Gasteiger partial charge on any atom is -0.462 e. The Balaban J connectivity index is 4.36. The van der Waals surface area contributed by atoms with Crippen molar-refractivity contribution in [3.63, 3.8) is 0 Å². The van der Waals surface area contributed by atoms with Gasteiger partial charge in [-0.3, -0.25) is 14.4 Å². The quantitative estimate of drug-likeness (QED) is 0.0261. The van der Waals surface area contributed by atoms with Crippen LogP contribution in [0.2, 0.25) is 0 Å². The molecule has 0 aromatic rings. The first-order valence-electron chi connectivity index (χ1n) is 29.8. The highest BCUT2D eigenvalue weighted by Gasteiger charge is 2.19. The van der Waals surface area contributed by atoms with E-state index in [1.165, 1.54) is 44.9 Å². The molecule has 0 bridgehead atoms. The number of allylic oxidation sites excluding steroid dienone is 24. The summed E-state index contributed by atoms with van der Waals surface area (Å²) in [4.78, 5) is 38.1. The predicted octanol–water partition coefficient (Wildman–Crippen LogP) is 20.4. The summed E-state index contributed by atoms with van der Waals surface area (Å²) < 4.78 is 16.8. The summed E-state index contributed by atoms with van der Waals surface area (Å²) in [5.41, 5.74) is 0. The van der Waals surface area contributed by atoms with Crippen molar-refractivity contribution in [3.8, 4) is 0 Å². The number of unbranched alkanes of at least 4 members (excludes halogenated alkanes) is 17. The lowest BCUT2D eigenvalue weighted by Gasteiger charge is -2.18. The van der Waals surface area contributed by atoms with Gasteiger partial charge in [-0.1, -0.05) is 237 Å². The predicted molar refractivity (Wildman–Crippen MR) is 320 cm³/mol. The molecule has 0 aromatic carbocycles. The molecule has 0 N–H and O–H groups in total. The van der Waals surface area contributed by atoms with E-state index in [4.69, 9.17) is 14.2 Å². The second-order valence-corrected chi connectivity index (χ2v) is 19.1. The van der Waals surface area contributed by atoms with Gasteiger partial charge in [-0.25, -0.2) is 0 Å². The van der Waals surface area contributed by atoms with E-state index in [1.807, 2.05) is 0 Å². The van der Waals surface area contributed by atoms with Crippen LogP contribution >= 0.6 is 0 Å². The lowest BCUT2D eigenvalue weighted by Crippen LogP contribution is -2.30. The van der Waals surface area contributed by atoms with E-state index in [-0.39, 0.29) is 37.5 Å². The van der Waals surface area contributed by atoms with Crippen LogP contribution in [0.15, 0.2) is 146 Å². The minimum absolute atomic E-state index is 0.104. The van der Waals surface area contributed by atoms with Crippen LogP contribution in [0.25, 0.3) is 0 Å². The summed E-state index contributed by atoms with van der Waals surface area (Å²) in [5, 5.41) is 0. The third-order valence-electron chi connectivity index (χ3n) is 12.0. The maximum atomic E-state index is 12.8. The lowest BCUT2D eigenvalue weighted by molar-refractivity contribution is -0.167. The molecule has 0 rings (SSSR count). The van der Waals surface area contributed by atoms with E-state index in [0.29, 0.717) is 12.8 Å². The highest BCUT2D eigenvalue weighted by atomic mass is 16.6. The Morgan fingerprint density at radius 2 is 0.527 bits per heavy atom. The molecule has 0 fully saturated rings. The molecule has 0 aliphatic carbocycles. The monoisotopic (exact) mass is 1020 g/mol. The van der Waals surface area contributed by atoms with E-state index in [9.17, 15) is 14.4 Å². The average molecular weight is 1020 g/mol. The molecule has 6 nitrogen and oxygen atoms in total. The van der Waals surface area contributed by atoms with Crippen molar-refractivity contribution in [1.82, 2.24) is 0 Å². The third kappa shape index (κ3) is 58.2. The maximum Gasteiger partial charge on any atom is 0.306 e. The Hall–Kier alpha value is -4.71. The smallest absolute Gasteiger partial charge is 0.306 e. The average Bonchev–Trinajstić information content (AvgIpc) is 3.40. The molecule has 0 heterocycles. The number of ether oxygens (including phenoxy) is 3. The summed E-state index contributed by atoms with van der Waals surface area (Å²) in [6, 6.07) is 0. The Labute approximate surface area is 455 Å².